The topological polar surface area (TPSA) is 121 Å². The van der Waals surface area contributed by atoms with Gasteiger partial charge in [-0.1, -0.05) is 15.9 Å². The second-order valence-corrected chi connectivity index (χ2v) is 14.2. The number of amides is 2. The molecule has 0 aromatic heterocycles. The van der Waals surface area contributed by atoms with Crippen molar-refractivity contribution in [2.45, 2.75) is 109 Å². The Kier molecular flexibility index (Phi) is 27.5. The maximum absolute atomic E-state index is 12.2. The van der Waals surface area contributed by atoms with Crippen molar-refractivity contribution in [3.63, 3.8) is 0 Å². The number of ether oxygens (including phenoxy) is 2. The number of nitrogens with one attached hydrogen (secondary N) is 3. The third kappa shape index (κ3) is 28.0. The highest BCUT2D eigenvalue weighted by Crippen LogP contribution is 2.12. The minimum atomic E-state index is -0.475. The van der Waals surface area contributed by atoms with Crippen LogP contribution >= 0.6 is 28.3 Å². The van der Waals surface area contributed by atoms with Gasteiger partial charge in [0.1, 0.15) is 24.6 Å². The summed E-state index contributed by atoms with van der Waals surface area (Å²) in [7, 11) is 0. The van der Waals surface area contributed by atoms with E-state index in [1.807, 2.05) is 46.4 Å². The normalized spacial score (nSPS) is 22.1. The summed E-state index contributed by atoms with van der Waals surface area (Å²) in [6, 6.07) is 0.573. The van der Waals surface area contributed by atoms with Crippen LogP contribution in [-0.2, 0) is 9.47 Å². The number of alkyl halides is 4. The van der Waals surface area contributed by atoms with Gasteiger partial charge < -0.3 is 31.2 Å². The molecule has 3 fully saturated rings. The lowest BCUT2D eigenvalue weighted by Crippen LogP contribution is -2.49. The SMILES string of the molecule is CC(C)(C)OC(=O)N[C@@H]1CCCN(CCF)C1.CC(C)(C)OC(=O)N[C@@H]1CCCNC1.Cl.FCCBr.N[C@@H]1CCCN(CCF)C1. The van der Waals surface area contributed by atoms with Gasteiger partial charge >= 0.3 is 12.2 Å². The highest BCUT2D eigenvalue weighted by molar-refractivity contribution is 9.09. The number of piperidine rings is 3. The number of nitrogens with zero attached hydrogens (tertiary/aromatic N) is 2. The number of carbonyl (C=O) groups excluding carboxylic acids is 2. The van der Waals surface area contributed by atoms with E-state index in [9.17, 15) is 22.8 Å². The Morgan fingerprint density at radius 2 is 1.26 bits per heavy atom. The molecule has 0 saturated carbocycles. The van der Waals surface area contributed by atoms with Crippen molar-refractivity contribution in [1.82, 2.24) is 25.8 Å². The summed E-state index contributed by atoms with van der Waals surface area (Å²) >= 11 is 2.87. The molecule has 0 aromatic carbocycles. The third-order valence-electron chi connectivity index (χ3n) is 6.66. The van der Waals surface area contributed by atoms with Crippen LogP contribution in [-0.4, -0.2) is 129 Å². The van der Waals surface area contributed by atoms with E-state index in [-0.39, 0.29) is 62.7 Å². The molecule has 3 aliphatic rings. The quantitative estimate of drug-likeness (QED) is 0.257. The number of hydrogen-bond acceptors (Lipinski definition) is 8. The van der Waals surface area contributed by atoms with Crippen molar-refractivity contribution in [1.29, 1.82) is 0 Å². The Morgan fingerprint density at radius 3 is 1.67 bits per heavy atom. The zero-order valence-corrected chi connectivity index (χ0v) is 31.4. The summed E-state index contributed by atoms with van der Waals surface area (Å²) < 4.78 is 45.1. The van der Waals surface area contributed by atoms with Crippen LogP contribution in [0.1, 0.15) is 80.1 Å². The van der Waals surface area contributed by atoms with E-state index in [2.05, 4.69) is 36.8 Å². The number of carbonyl (C=O) groups is 2. The van der Waals surface area contributed by atoms with Crippen molar-refractivity contribution < 1.29 is 32.2 Å². The first-order valence-corrected chi connectivity index (χ1v) is 17.4. The molecule has 0 radical (unpaired) electrons. The molecule has 15 heteroatoms. The molecule has 3 rings (SSSR count). The second kappa shape index (κ2) is 26.8. The van der Waals surface area contributed by atoms with Gasteiger partial charge in [0.15, 0.2) is 0 Å². The Hall–Kier alpha value is -1.06. The molecule has 2 amide bonds. The van der Waals surface area contributed by atoms with Crippen LogP contribution in [0.25, 0.3) is 0 Å². The van der Waals surface area contributed by atoms with E-state index in [0.717, 1.165) is 71.2 Å². The standard InChI is InChI=1S/C12H23FN2O2.C10H20N2O2.C7H15FN2.C2H4BrF.ClH/c1-12(2,3)17-11(16)14-10-5-4-7-15(9-10)8-6-13;1-10(2,3)14-9(13)12-8-5-4-6-11-7-8;8-3-5-10-4-1-2-7(9)6-10;3-1-2-4;/h10H,4-9H2,1-3H3,(H,14,16);8,11H,4-7H2,1-3H3,(H,12,13);7H,1-6,9H2;1-2H2;1H/t10-;8-;7-;;/m111../s1. The average molecular weight is 756 g/mol. The first-order chi connectivity index (χ1) is 21.1. The molecule has 3 aliphatic heterocycles. The fraction of sp³-hybridized carbons (Fsp3) is 0.935. The van der Waals surface area contributed by atoms with E-state index in [4.69, 9.17) is 15.2 Å². The molecule has 0 aromatic rings. The second-order valence-electron chi connectivity index (χ2n) is 13.4. The van der Waals surface area contributed by atoms with Crippen molar-refractivity contribution in [3.8, 4) is 0 Å². The lowest BCUT2D eigenvalue weighted by Gasteiger charge is -2.32. The van der Waals surface area contributed by atoms with Crippen LogP contribution in [0.4, 0.5) is 22.8 Å². The van der Waals surface area contributed by atoms with E-state index in [0.29, 0.717) is 25.0 Å². The highest BCUT2D eigenvalue weighted by Gasteiger charge is 2.24. The van der Waals surface area contributed by atoms with Crippen LogP contribution in [0.15, 0.2) is 0 Å². The average Bonchev–Trinajstić information content (AvgIpc) is 2.93. The number of likely N-dealkylation sites (tertiary alicyclic amines) is 2. The highest BCUT2D eigenvalue weighted by atomic mass is 79.9. The maximum Gasteiger partial charge on any atom is 0.407 e. The lowest BCUT2D eigenvalue weighted by atomic mass is 10.1. The maximum atomic E-state index is 12.2. The molecule has 0 spiro atoms. The zero-order chi connectivity index (χ0) is 34.3. The monoisotopic (exact) mass is 754 g/mol. The van der Waals surface area contributed by atoms with E-state index < -0.39 is 11.2 Å². The molecule has 3 heterocycles. The van der Waals surface area contributed by atoms with Crippen molar-refractivity contribution in [3.05, 3.63) is 0 Å². The Bertz CT molecular complexity index is 772. The largest absolute Gasteiger partial charge is 0.444 e. The molecular formula is C31H63BrClF3N6O4. The number of nitrogens with two attached hydrogens (primary N) is 1. The number of alkyl carbamates (subject to hydrolysis) is 2. The van der Waals surface area contributed by atoms with Crippen LogP contribution in [0.3, 0.4) is 0 Å². The minimum absolute atomic E-state index is 0. The van der Waals surface area contributed by atoms with Crippen LogP contribution in [0.5, 0.6) is 0 Å². The Morgan fingerprint density at radius 1 is 0.804 bits per heavy atom. The molecule has 0 aliphatic carbocycles. The van der Waals surface area contributed by atoms with Gasteiger partial charge in [0.25, 0.3) is 0 Å². The van der Waals surface area contributed by atoms with Crippen molar-refractivity contribution in [2.75, 3.05) is 77.7 Å². The molecule has 3 atom stereocenters. The van der Waals surface area contributed by atoms with Gasteiger partial charge in [-0.2, -0.15) is 0 Å². The van der Waals surface area contributed by atoms with E-state index >= 15 is 0 Å². The zero-order valence-electron chi connectivity index (χ0n) is 29.0. The Labute approximate surface area is 290 Å². The summed E-state index contributed by atoms with van der Waals surface area (Å²) in [6.45, 7) is 16.7. The van der Waals surface area contributed by atoms with Gasteiger partial charge in [-0.15, -0.1) is 12.4 Å². The summed E-state index contributed by atoms with van der Waals surface area (Å²) in [4.78, 5) is 27.1. The summed E-state index contributed by atoms with van der Waals surface area (Å²) in [5, 5.41) is 9.39. The van der Waals surface area contributed by atoms with Crippen LogP contribution in [0, 0.1) is 0 Å². The fourth-order valence-corrected chi connectivity index (χ4v) is 4.83. The van der Waals surface area contributed by atoms with Crippen LogP contribution < -0.4 is 21.7 Å². The Balaban J connectivity index is 0. The molecule has 3 saturated heterocycles. The van der Waals surface area contributed by atoms with Gasteiger partial charge in [-0.05, 0) is 99.7 Å². The molecular weight excluding hydrogens is 693 g/mol. The molecule has 0 unspecified atom stereocenters. The van der Waals surface area contributed by atoms with Crippen LogP contribution in [0.2, 0.25) is 0 Å². The summed E-state index contributed by atoms with van der Waals surface area (Å²) in [6.07, 6.45) is 5.59. The summed E-state index contributed by atoms with van der Waals surface area (Å²) in [5.41, 5.74) is 4.81. The van der Waals surface area contributed by atoms with E-state index in [1.165, 1.54) is 0 Å². The number of hydrogen-bond donors (Lipinski definition) is 4. The van der Waals surface area contributed by atoms with Gasteiger partial charge in [0.2, 0.25) is 0 Å². The molecule has 5 N–H and O–H groups in total. The van der Waals surface area contributed by atoms with Gasteiger partial charge in [-0.3, -0.25) is 14.2 Å². The molecule has 46 heavy (non-hydrogen) atoms. The van der Waals surface area contributed by atoms with E-state index in [1.54, 1.807) is 0 Å². The minimum Gasteiger partial charge on any atom is -0.444 e. The molecule has 276 valence electrons. The van der Waals surface area contributed by atoms with Gasteiger partial charge in [0, 0.05) is 56.2 Å². The predicted octanol–water partition coefficient (Wildman–Crippen LogP) is 5.36. The molecule has 0 bridgehead atoms. The lowest BCUT2D eigenvalue weighted by molar-refractivity contribution is 0.0466. The molecule has 10 nitrogen and oxygen atoms in total. The first kappa shape index (κ1) is 47.1. The fourth-order valence-electron chi connectivity index (χ4n) is 4.83. The van der Waals surface area contributed by atoms with Crippen molar-refractivity contribution >= 4 is 40.5 Å². The number of rotatable bonds is 7. The summed E-state index contributed by atoms with van der Waals surface area (Å²) in [5.74, 6) is 0. The smallest absolute Gasteiger partial charge is 0.407 e. The van der Waals surface area contributed by atoms with Gasteiger partial charge in [0.05, 0.1) is 6.67 Å². The predicted molar refractivity (Wildman–Crippen MR) is 187 cm³/mol. The van der Waals surface area contributed by atoms with Crippen molar-refractivity contribution in [2.24, 2.45) is 5.73 Å². The van der Waals surface area contributed by atoms with Gasteiger partial charge in [-0.25, -0.2) is 18.4 Å². The third-order valence-corrected chi connectivity index (χ3v) is 6.96. The first-order valence-electron chi connectivity index (χ1n) is 16.3. The number of halogens is 5.